The van der Waals surface area contributed by atoms with Crippen molar-refractivity contribution in [3.8, 4) is 0 Å². The van der Waals surface area contributed by atoms with Crippen LogP contribution in [-0.4, -0.2) is 24.2 Å². The molecule has 2 unspecified atom stereocenters. The maximum Gasteiger partial charge on any atom is 0.226 e. The minimum atomic E-state index is -0.190. The summed E-state index contributed by atoms with van der Waals surface area (Å²) in [4.78, 5) is 12.9. The van der Waals surface area contributed by atoms with Crippen molar-refractivity contribution >= 4 is 5.91 Å². The second kappa shape index (κ2) is 5.34. The van der Waals surface area contributed by atoms with E-state index in [9.17, 15) is 4.79 Å². The van der Waals surface area contributed by atoms with Crippen molar-refractivity contribution in [1.82, 2.24) is 5.32 Å². The van der Waals surface area contributed by atoms with E-state index in [1.165, 1.54) is 30.4 Å². The highest BCUT2D eigenvalue weighted by molar-refractivity contribution is 5.83. The molecule has 0 saturated heterocycles. The monoisotopic (exact) mass is 313 g/mol. The normalized spacial score (nSPS) is 37.8. The molecule has 124 valence electrons. The highest BCUT2D eigenvalue weighted by Crippen LogP contribution is 2.65. The van der Waals surface area contributed by atoms with Gasteiger partial charge >= 0.3 is 0 Å². The Bertz CT molecular complexity index is 593. The molecule has 3 nitrogen and oxygen atoms in total. The largest absolute Gasteiger partial charge is 0.395 e. The first-order valence-corrected chi connectivity index (χ1v) is 9.02. The van der Waals surface area contributed by atoms with E-state index >= 15 is 0 Å². The van der Waals surface area contributed by atoms with Crippen molar-refractivity contribution in [2.24, 2.45) is 17.3 Å². The van der Waals surface area contributed by atoms with Gasteiger partial charge in [-0.1, -0.05) is 29.8 Å². The van der Waals surface area contributed by atoms with E-state index in [0.29, 0.717) is 18.4 Å². The third kappa shape index (κ3) is 2.40. The average molecular weight is 313 g/mol. The van der Waals surface area contributed by atoms with E-state index < -0.39 is 0 Å². The van der Waals surface area contributed by atoms with Gasteiger partial charge in [-0.25, -0.2) is 0 Å². The lowest BCUT2D eigenvalue weighted by molar-refractivity contribution is -0.149. The van der Waals surface area contributed by atoms with Gasteiger partial charge in [0, 0.05) is 6.54 Å². The molecule has 3 heteroatoms. The standard InChI is InChI=1S/C20H27NO2/c1-14-2-4-17(5-3-14)19-9-15-8-16(10-19)12-20(11-15,13-19)18(23)21-6-7-22/h2-5,15-16,22H,6-13H2,1H3,(H,21,23). The molecular weight excluding hydrogens is 286 g/mol. The first kappa shape index (κ1) is 15.2. The summed E-state index contributed by atoms with van der Waals surface area (Å²) in [7, 11) is 0. The number of amides is 1. The average Bonchev–Trinajstić information content (AvgIpc) is 2.51. The second-order valence-electron chi connectivity index (χ2n) is 8.37. The van der Waals surface area contributed by atoms with E-state index in [2.05, 4.69) is 36.5 Å². The molecule has 4 fully saturated rings. The fourth-order valence-electron chi connectivity index (χ4n) is 6.13. The molecule has 0 aromatic heterocycles. The summed E-state index contributed by atoms with van der Waals surface area (Å²) in [6.07, 6.45) is 6.90. The van der Waals surface area contributed by atoms with Crippen LogP contribution in [-0.2, 0) is 10.2 Å². The molecule has 0 spiro atoms. The van der Waals surface area contributed by atoms with Gasteiger partial charge in [-0.2, -0.15) is 0 Å². The van der Waals surface area contributed by atoms with Gasteiger partial charge in [-0.15, -0.1) is 0 Å². The molecule has 2 atom stereocenters. The lowest BCUT2D eigenvalue weighted by Gasteiger charge is -2.61. The minimum Gasteiger partial charge on any atom is -0.395 e. The molecule has 4 saturated carbocycles. The van der Waals surface area contributed by atoms with Crippen LogP contribution in [0.3, 0.4) is 0 Å². The molecule has 0 aliphatic heterocycles. The molecule has 4 aliphatic rings. The van der Waals surface area contributed by atoms with Gasteiger partial charge < -0.3 is 10.4 Å². The Morgan fingerprint density at radius 1 is 1.17 bits per heavy atom. The second-order valence-corrected chi connectivity index (χ2v) is 8.37. The molecular formula is C20H27NO2. The third-order valence-electron chi connectivity index (χ3n) is 6.60. The number of carbonyl (C=O) groups is 1. The summed E-state index contributed by atoms with van der Waals surface area (Å²) in [6, 6.07) is 9.02. The van der Waals surface area contributed by atoms with Gasteiger partial charge in [0.25, 0.3) is 0 Å². The van der Waals surface area contributed by atoms with E-state index in [1.54, 1.807) is 0 Å². The minimum absolute atomic E-state index is 0.0256. The van der Waals surface area contributed by atoms with Crippen LogP contribution < -0.4 is 5.32 Å². The Morgan fingerprint density at radius 3 is 2.43 bits per heavy atom. The fourth-order valence-corrected chi connectivity index (χ4v) is 6.13. The van der Waals surface area contributed by atoms with Crippen LogP contribution in [0.1, 0.15) is 49.7 Å². The van der Waals surface area contributed by atoms with Gasteiger partial charge in [0.05, 0.1) is 12.0 Å². The molecule has 4 aliphatic carbocycles. The number of hydrogen-bond acceptors (Lipinski definition) is 2. The van der Waals surface area contributed by atoms with Crippen LogP contribution in [0, 0.1) is 24.2 Å². The summed E-state index contributed by atoms with van der Waals surface area (Å²) in [5.41, 5.74) is 2.75. The summed E-state index contributed by atoms with van der Waals surface area (Å²) in [5, 5.41) is 12.0. The molecule has 23 heavy (non-hydrogen) atoms. The topological polar surface area (TPSA) is 49.3 Å². The van der Waals surface area contributed by atoms with Crippen molar-refractivity contribution in [1.29, 1.82) is 0 Å². The number of aryl methyl sites for hydroxylation is 1. The number of carbonyl (C=O) groups excluding carboxylic acids is 1. The molecule has 4 bridgehead atoms. The number of aliphatic hydroxyl groups excluding tert-OH is 1. The van der Waals surface area contributed by atoms with Gasteiger partial charge in [0.1, 0.15) is 0 Å². The van der Waals surface area contributed by atoms with Crippen molar-refractivity contribution in [3.63, 3.8) is 0 Å². The van der Waals surface area contributed by atoms with Crippen LogP contribution in [0.25, 0.3) is 0 Å². The number of benzene rings is 1. The van der Waals surface area contributed by atoms with Crippen LogP contribution in [0.5, 0.6) is 0 Å². The Labute approximate surface area is 138 Å². The number of nitrogens with one attached hydrogen (secondary N) is 1. The number of aliphatic hydroxyl groups is 1. The predicted octanol–water partition coefficient (Wildman–Crippen LogP) is 2.94. The predicted molar refractivity (Wildman–Crippen MR) is 90.1 cm³/mol. The van der Waals surface area contributed by atoms with Crippen molar-refractivity contribution < 1.29 is 9.90 Å². The molecule has 0 radical (unpaired) electrons. The van der Waals surface area contributed by atoms with Crippen LogP contribution >= 0.6 is 0 Å². The quantitative estimate of drug-likeness (QED) is 0.898. The van der Waals surface area contributed by atoms with Crippen LogP contribution in [0.15, 0.2) is 24.3 Å². The Balaban J connectivity index is 1.68. The summed E-state index contributed by atoms with van der Waals surface area (Å²) in [5.74, 6) is 1.58. The zero-order valence-corrected chi connectivity index (χ0v) is 14.0. The highest BCUT2D eigenvalue weighted by Gasteiger charge is 2.60. The highest BCUT2D eigenvalue weighted by atomic mass is 16.3. The molecule has 1 aromatic carbocycles. The third-order valence-corrected chi connectivity index (χ3v) is 6.60. The summed E-state index contributed by atoms with van der Waals surface area (Å²) < 4.78 is 0. The van der Waals surface area contributed by atoms with Gasteiger partial charge in [-0.3, -0.25) is 4.79 Å². The SMILES string of the molecule is Cc1ccc(C23CC4CC(CC(C(=O)NCCO)(C4)C2)C3)cc1. The lowest BCUT2D eigenvalue weighted by atomic mass is 9.42. The van der Waals surface area contributed by atoms with E-state index in [1.807, 2.05) is 0 Å². The summed E-state index contributed by atoms with van der Waals surface area (Å²) >= 11 is 0. The van der Waals surface area contributed by atoms with E-state index in [4.69, 9.17) is 5.11 Å². The summed E-state index contributed by atoms with van der Waals surface area (Å²) in [6.45, 7) is 2.54. The number of rotatable bonds is 4. The molecule has 2 N–H and O–H groups in total. The zero-order chi connectivity index (χ0) is 16.1. The lowest BCUT2D eigenvalue weighted by Crippen LogP contribution is -2.59. The smallest absolute Gasteiger partial charge is 0.226 e. The first-order chi connectivity index (χ1) is 11.1. The Morgan fingerprint density at radius 2 is 1.83 bits per heavy atom. The van der Waals surface area contributed by atoms with Gasteiger partial charge in [0.15, 0.2) is 0 Å². The Hall–Kier alpha value is -1.35. The van der Waals surface area contributed by atoms with Crippen molar-refractivity contribution in [2.45, 2.75) is 50.9 Å². The van der Waals surface area contributed by atoms with Crippen molar-refractivity contribution in [3.05, 3.63) is 35.4 Å². The van der Waals surface area contributed by atoms with Gasteiger partial charge in [-0.05, 0) is 68.3 Å². The molecule has 5 rings (SSSR count). The first-order valence-electron chi connectivity index (χ1n) is 9.02. The van der Waals surface area contributed by atoms with E-state index in [-0.39, 0.29) is 23.3 Å². The molecule has 1 amide bonds. The van der Waals surface area contributed by atoms with Gasteiger partial charge in [0.2, 0.25) is 5.91 Å². The van der Waals surface area contributed by atoms with Crippen LogP contribution in [0.4, 0.5) is 0 Å². The number of hydrogen-bond donors (Lipinski definition) is 2. The zero-order valence-electron chi connectivity index (χ0n) is 14.0. The maximum atomic E-state index is 12.9. The van der Waals surface area contributed by atoms with Crippen molar-refractivity contribution in [2.75, 3.05) is 13.2 Å². The molecule has 1 aromatic rings. The van der Waals surface area contributed by atoms with E-state index in [0.717, 1.165) is 19.3 Å². The fraction of sp³-hybridized carbons (Fsp3) is 0.650. The maximum absolute atomic E-state index is 12.9. The molecule has 0 heterocycles. The van der Waals surface area contributed by atoms with Crippen LogP contribution in [0.2, 0.25) is 0 Å². The Kier molecular flexibility index (Phi) is 3.53.